The van der Waals surface area contributed by atoms with Gasteiger partial charge < -0.3 is 15.7 Å². The van der Waals surface area contributed by atoms with Crippen molar-refractivity contribution < 1.29 is 19.1 Å². The summed E-state index contributed by atoms with van der Waals surface area (Å²) in [4.78, 5) is 23.7. The zero-order valence-electron chi connectivity index (χ0n) is 10.2. The molecule has 0 fully saturated rings. The van der Waals surface area contributed by atoms with Crippen molar-refractivity contribution in [3.05, 3.63) is 29.6 Å². The van der Waals surface area contributed by atoms with Crippen LogP contribution in [0.2, 0.25) is 0 Å². The van der Waals surface area contributed by atoms with Crippen molar-refractivity contribution in [2.45, 2.75) is 19.4 Å². The molecule has 0 saturated carbocycles. The highest BCUT2D eigenvalue weighted by atomic mass is 19.1. The van der Waals surface area contributed by atoms with Crippen LogP contribution in [0.5, 0.6) is 0 Å². The van der Waals surface area contributed by atoms with Crippen molar-refractivity contribution in [1.29, 1.82) is 0 Å². The SMILES string of the molecule is CCC(C(=O)O)N(C)c1ccc(F)cc1C(N)=O. The zero-order valence-corrected chi connectivity index (χ0v) is 10.2. The Labute approximate surface area is 104 Å². The molecule has 0 heterocycles. The van der Waals surface area contributed by atoms with Crippen LogP contribution in [-0.2, 0) is 4.79 Å². The summed E-state index contributed by atoms with van der Waals surface area (Å²) in [6.45, 7) is 1.71. The lowest BCUT2D eigenvalue weighted by molar-refractivity contribution is -0.138. The Morgan fingerprint density at radius 3 is 2.56 bits per heavy atom. The fraction of sp³-hybridized carbons (Fsp3) is 0.333. The molecule has 18 heavy (non-hydrogen) atoms. The van der Waals surface area contributed by atoms with Gasteiger partial charge in [0.15, 0.2) is 0 Å². The highest BCUT2D eigenvalue weighted by Crippen LogP contribution is 2.23. The number of anilines is 1. The second-order valence-electron chi connectivity index (χ2n) is 3.90. The minimum absolute atomic E-state index is 0.0304. The Morgan fingerprint density at radius 1 is 1.50 bits per heavy atom. The van der Waals surface area contributed by atoms with Gasteiger partial charge in [-0.1, -0.05) is 6.92 Å². The maximum atomic E-state index is 13.1. The molecule has 0 aliphatic rings. The second-order valence-corrected chi connectivity index (χ2v) is 3.90. The largest absolute Gasteiger partial charge is 0.480 e. The van der Waals surface area contributed by atoms with Crippen LogP contribution >= 0.6 is 0 Å². The molecule has 1 aromatic carbocycles. The molecule has 98 valence electrons. The second kappa shape index (κ2) is 5.48. The summed E-state index contributed by atoms with van der Waals surface area (Å²) in [5, 5.41) is 9.06. The van der Waals surface area contributed by atoms with Crippen LogP contribution in [0.25, 0.3) is 0 Å². The van der Waals surface area contributed by atoms with E-state index in [-0.39, 0.29) is 5.56 Å². The van der Waals surface area contributed by atoms with Gasteiger partial charge in [-0.25, -0.2) is 9.18 Å². The number of amides is 1. The van der Waals surface area contributed by atoms with Gasteiger partial charge in [0.05, 0.1) is 11.3 Å². The summed E-state index contributed by atoms with van der Waals surface area (Å²) < 4.78 is 13.1. The van der Waals surface area contributed by atoms with E-state index >= 15 is 0 Å². The van der Waals surface area contributed by atoms with E-state index in [1.165, 1.54) is 18.0 Å². The normalized spacial score (nSPS) is 11.9. The molecule has 1 amide bonds. The number of carbonyl (C=O) groups is 2. The molecular formula is C12H15FN2O3. The van der Waals surface area contributed by atoms with E-state index in [0.29, 0.717) is 12.1 Å². The Bertz CT molecular complexity index is 476. The smallest absolute Gasteiger partial charge is 0.326 e. The van der Waals surface area contributed by atoms with E-state index in [0.717, 1.165) is 12.1 Å². The van der Waals surface area contributed by atoms with Crippen molar-refractivity contribution in [3.63, 3.8) is 0 Å². The van der Waals surface area contributed by atoms with E-state index in [2.05, 4.69) is 0 Å². The minimum Gasteiger partial charge on any atom is -0.480 e. The van der Waals surface area contributed by atoms with Gasteiger partial charge in [-0.3, -0.25) is 4.79 Å². The van der Waals surface area contributed by atoms with E-state index < -0.39 is 23.7 Å². The van der Waals surface area contributed by atoms with Gasteiger partial charge in [-0.2, -0.15) is 0 Å². The lowest BCUT2D eigenvalue weighted by Crippen LogP contribution is -2.39. The van der Waals surface area contributed by atoms with Gasteiger partial charge >= 0.3 is 5.97 Å². The standard InChI is InChI=1S/C12H15FN2O3/c1-3-9(12(17)18)15(2)10-5-4-7(13)6-8(10)11(14)16/h4-6,9H,3H2,1-2H3,(H2,14,16)(H,17,18). The monoisotopic (exact) mass is 254 g/mol. The number of halogens is 1. The van der Waals surface area contributed by atoms with Crippen LogP contribution in [0.1, 0.15) is 23.7 Å². The zero-order chi connectivity index (χ0) is 13.9. The van der Waals surface area contributed by atoms with Crippen LogP contribution in [-0.4, -0.2) is 30.1 Å². The lowest BCUT2D eigenvalue weighted by atomic mass is 10.1. The van der Waals surface area contributed by atoms with Crippen LogP contribution in [0.3, 0.4) is 0 Å². The molecule has 0 aliphatic heterocycles. The van der Waals surface area contributed by atoms with Gasteiger partial charge in [0.2, 0.25) is 0 Å². The predicted molar refractivity (Wildman–Crippen MR) is 65.0 cm³/mol. The molecule has 1 unspecified atom stereocenters. The highest BCUT2D eigenvalue weighted by Gasteiger charge is 2.24. The average molecular weight is 254 g/mol. The summed E-state index contributed by atoms with van der Waals surface area (Å²) in [5.41, 5.74) is 5.43. The Hall–Kier alpha value is -2.11. The first-order chi connectivity index (χ1) is 8.38. The molecule has 0 spiro atoms. The Kier molecular flexibility index (Phi) is 4.25. The van der Waals surface area contributed by atoms with E-state index in [1.807, 2.05) is 0 Å². The first-order valence-electron chi connectivity index (χ1n) is 5.43. The molecular weight excluding hydrogens is 239 g/mol. The molecule has 0 aromatic heterocycles. The third kappa shape index (κ3) is 2.77. The fourth-order valence-corrected chi connectivity index (χ4v) is 1.80. The highest BCUT2D eigenvalue weighted by molar-refractivity contribution is 5.99. The van der Waals surface area contributed by atoms with Gasteiger partial charge in [-0.15, -0.1) is 0 Å². The molecule has 1 rings (SSSR count). The Morgan fingerprint density at radius 2 is 2.11 bits per heavy atom. The molecule has 0 bridgehead atoms. The topological polar surface area (TPSA) is 83.6 Å². The van der Waals surface area contributed by atoms with Crippen LogP contribution in [0, 0.1) is 5.82 Å². The fourth-order valence-electron chi connectivity index (χ4n) is 1.80. The van der Waals surface area contributed by atoms with Gasteiger partial charge in [-0.05, 0) is 24.6 Å². The molecule has 1 atom stereocenters. The molecule has 5 nitrogen and oxygen atoms in total. The van der Waals surface area contributed by atoms with E-state index in [1.54, 1.807) is 6.92 Å². The number of primary amides is 1. The number of nitrogens with zero attached hydrogens (tertiary/aromatic N) is 1. The molecule has 3 N–H and O–H groups in total. The summed E-state index contributed by atoms with van der Waals surface area (Å²) in [6.07, 6.45) is 0.349. The maximum Gasteiger partial charge on any atom is 0.326 e. The number of benzene rings is 1. The molecule has 1 aromatic rings. The third-order valence-electron chi connectivity index (χ3n) is 2.74. The average Bonchev–Trinajstić information content (AvgIpc) is 2.28. The predicted octanol–water partition coefficient (Wildman–Crippen LogP) is 1.22. The van der Waals surface area contributed by atoms with E-state index in [9.17, 15) is 14.0 Å². The quantitative estimate of drug-likeness (QED) is 0.827. The van der Waals surface area contributed by atoms with E-state index in [4.69, 9.17) is 10.8 Å². The summed E-state index contributed by atoms with van der Waals surface area (Å²) in [5.74, 6) is -2.40. The van der Waals surface area contributed by atoms with Crippen molar-refractivity contribution in [2.24, 2.45) is 5.73 Å². The molecule has 0 radical (unpaired) electrons. The number of rotatable bonds is 5. The summed E-state index contributed by atoms with van der Waals surface area (Å²) in [7, 11) is 1.53. The van der Waals surface area contributed by atoms with Gasteiger partial charge in [0.25, 0.3) is 5.91 Å². The molecule has 0 aliphatic carbocycles. The third-order valence-corrected chi connectivity index (χ3v) is 2.74. The maximum absolute atomic E-state index is 13.1. The number of carboxylic acids is 1. The first kappa shape index (κ1) is 14.0. The van der Waals surface area contributed by atoms with Crippen LogP contribution < -0.4 is 10.6 Å². The number of carboxylic acid groups (broad SMARTS) is 1. The number of carbonyl (C=O) groups excluding carboxylic acids is 1. The lowest BCUT2D eigenvalue weighted by Gasteiger charge is -2.27. The first-order valence-corrected chi connectivity index (χ1v) is 5.43. The van der Waals surface area contributed by atoms with Crippen molar-refractivity contribution in [2.75, 3.05) is 11.9 Å². The number of nitrogens with two attached hydrogens (primary N) is 1. The van der Waals surface area contributed by atoms with Gasteiger partial charge in [0, 0.05) is 7.05 Å². The summed E-state index contributed by atoms with van der Waals surface area (Å²) in [6, 6.07) is 2.71. The minimum atomic E-state index is -1.01. The number of hydrogen-bond donors (Lipinski definition) is 2. The van der Waals surface area contributed by atoms with Gasteiger partial charge in [0.1, 0.15) is 11.9 Å². The summed E-state index contributed by atoms with van der Waals surface area (Å²) >= 11 is 0. The number of aliphatic carboxylic acids is 1. The molecule has 0 saturated heterocycles. The van der Waals surface area contributed by atoms with Crippen LogP contribution in [0.4, 0.5) is 10.1 Å². The van der Waals surface area contributed by atoms with Crippen molar-refractivity contribution >= 4 is 17.6 Å². The number of likely N-dealkylation sites (N-methyl/N-ethyl adjacent to an activating group) is 1. The molecule has 6 heteroatoms. The Balaban J connectivity index is 3.23. The van der Waals surface area contributed by atoms with Crippen molar-refractivity contribution in [3.8, 4) is 0 Å². The van der Waals surface area contributed by atoms with Crippen LogP contribution in [0.15, 0.2) is 18.2 Å². The number of hydrogen-bond acceptors (Lipinski definition) is 3. The van der Waals surface area contributed by atoms with Crippen molar-refractivity contribution in [1.82, 2.24) is 0 Å².